The summed E-state index contributed by atoms with van der Waals surface area (Å²) in [5.74, 6) is 0. The molecule has 2 amide bonds. The van der Waals surface area contributed by atoms with Crippen molar-refractivity contribution >= 4 is 11.7 Å². The molecule has 1 aromatic heterocycles. The van der Waals surface area contributed by atoms with Crippen molar-refractivity contribution in [2.24, 2.45) is 0 Å². The third kappa shape index (κ3) is 6.36. The van der Waals surface area contributed by atoms with Crippen LogP contribution in [0, 0.1) is 6.92 Å². The summed E-state index contributed by atoms with van der Waals surface area (Å²) in [6, 6.07) is 12.1. The van der Waals surface area contributed by atoms with Crippen molar-refractivity contribution in [3.8, 4) is 0 Å². The van der Waals surface area contributed by atoms with Crippen LogP contribution in [0.5, 0.6) is 0 Å². The highest BCUT2D eigenvalue weighted by Crippen LogP contribution is 2.14. The van der Waals surface area contributed by atoms with Gasteiger partial charge >= 0.3 is 6.03 Å². The van der Waals surface area contributed by atoms with Gasteiger partial charge in [0.1, 0.15) is 0 Å². The minimum absolute atomic E-state index is 0.0538. The number of rotatable bonds is 8. The fraction of sp³-hybridized carbons (Fsp3) is 0.455. The smallest absolute Gasteiger partial charge is 0.321 e. The Morgan fingerprint density at radius 1 is 1.19 bits per heavy atom. The van der Waals surface area contributed by atoms with Crippen molar-refractivity contribution < 1.29 is 4.79 Å². The number of aromatic nitrogens is 1. The molecule has 146 valence electrons. The summed E-state index contributed by atoms with van der Waals surface area (Å²) in [4.78, 5) is 21.1. The van der Waals surface area contributed by atoms with Crippen LogP contribution in [-0.4, -0.2) is 47.0 Å². The van der Waals surface area contributed by atoms with E-state index in [-0.39, 0.29) is 12.1 Å². The molecule has 0 saturated heterocycles. The Morgan fingerprint density at radius 2 is 1.93 bits per heavy atom. The number of aryl methyl sites for hydroxylation is 1. The fourth-order valence-electron chi connectivity index (χ4n) is 3.01. The van der Waals surface area contributed by atoms with E-state index in [1.165, 1.54) is 11.1 Å². The molecule has 0 radical (unpaired) electrons. The molecule has 1 atom stereocenters. The lowest BCUT2D eigenvalue weighted by Gasteiger charge is -2.25. The Hall–Kier alpha value is -2.40. The quantitative estimate of drug-likeness (QED) is 0.754. The maximum Gasteiger partial charge on any atom is 0.321 e. The van der Waals surface area contributed by atoms with Crippen LogP contribution >= 0.6 is 0 Å². The summed E-state index contributed by atoms with van der Waals surface area (Å²) in [5, 5.41) is 3.02. The molecule has 0 bridgehead atoms. The Morgan fingerprint density at radius 3 is 2.59 bits per heavy atom. The van der Waals surface area contributed by atoms with Crippen LogP contribution in [0.15, 0.2) is 42.6 Å². The van der Waals surface area contributed by atoms with Crippen molar-refractivity contribution in [1.82, 2.24) is 14.8 Å². The molecule has 2 rings (SSSR count). The van der Waals surface area contributed by atoms with Gasteiger partial charge in [-0.25, -0.2) is 4.79 Å². The molecule has 0 fully saturated rings. The summed E-state index contributed by atoms with van der Waals surface area (Å²) in [7, 11) is 1.83. The van der Waals surface area contributed by atoms with Gasteiger partial charge in [0, 0.05) is 43.6 Å². The van der Waals surface area contributed by atoms with Crippen LogP contribution in [-0.2, 0) is 13.0 Å². The number of likely N-dealkylation sites (N-methyl/N-ethyl adjacent to an activating group) is 1. The van der Waals surface area contributed by atoms with E-state index < -0.39 is 0 Å². The number of pyridine rings is 1. The number of hydrogen-bond acceptors (Lipinski definition) is 3. The Balaban J connectivity index is 1.97. The molecule has 1 heterocycles. The predicted molar refractivity (Wildman–Crippen MR) is 112 cm³/mol. The highest BCUT2D eigenvalue weighted by Gasteiger charge is 2.17. The monoisotopic (exact) mass is 368 g/mol. The lowest BCUT2D eigenvalue weighted by Crippen LogP contribution is -2.39. The standard InChI is InChI=1S/C22H32N4O/c1-6-26(7-2)16-19-9-8-10-20(15-19)24-22(27)25(5)18(4)14-21-13-17(3)11-12-23-21/h8-13,15,18H,6-7,14,16H2,1-5H3,(H,24,27). The molecule has 2 aromatic rings. The largest absolute Gasteiger partial charge is 0.324 e. The normalized spacial score (nSPS) is 12.1. The number of amides is 2. The number of carbonyl (C=O) groups excluding carboxylic acids is 1. The first-order valence-corrected chi connectivity index (χ1v) is 9.69. The average Bonchev–Trinajstić information content (AvgIpc) is 2.65. The predicted octanol–water partition coefficient (Wildman–Crippen LogP) is 4.33. The van der Waals surface area contributed by atoms with E-state index in [0.29, 0.717) is 0 Å². The summed E-state index contributed by atoms with van der Waals surface area (Å²) in [6.07, 6.45) is 2.55. The van der Waals surface area contributed by atoms with Gasteiger partial charge in [-0.2, -0.15) is 0 Å². The van der Waals surface area contributed by atoms with E-state index in [2.05, 4.69) is 54.2 Å². The SMILES string of the molecule is CCN(CC)Cc1cccc(NC(=O)N(C)C(C)Cc2cc(C)ccn2)c1. The lowest BCUT2D eigenvalue weighted by atomic mass is 10.1. The number of anilines is 1. The van der Waals surface area contributed by atoms with E-state index in [1.54, 1.807) is 4.90 Å². The third-order valence-electron chi connectivity index (χ3n) is 4.94. The molecule has 0 saturated carbocycles. The Bertz CT molecular complexity index is 743. The van der Waals surface area contributed by atoms with E-state index in [0.717, 1.165) is 37.4 Å². The molecule has 27 heavy (non-hydrogen) atoms. The van der Waals surface area contributed by atoms with Crippen molar-refractivity contribution in [3.63, 3.8) is 0 Å². The van der Waals surface area contributed by atoms with Crippen LogP contribution in [0.1, 0.15) is 37.6 Å². The van der Waals surface area contributed by atoms with Gasteiger partial charge < -0.3 is 10.2 Å². The maximum absolute atomic E-state index is 12.6. The third-order valence-corrected chi connectivity index (χ3v) is 4.94. The number of benzene rings is 1. The average molecular weight is 369 g/mol. The molecule has 1 aromatic carbocycles. The zero-order valence-electron chi connectivity index (χ0n) is 17.2. The Labute approximate surface area is 163 Å². The zero-order valence-corrected chi connectivity index (χ0v) is 17.2. The van der Waals surface area contributed by atoms with Crippen LogP contribution in [0.2, 0.25) is 0 Å². The zero-order chi connectivity index (χ0) is 19.8. The van der Waals surface area contributed by atoms with Crippen molar-refractivity contribution in [2.75, 3.05) is 25.5 Å². The van der Waals surface area contributed by atoms with Gasteiger partial charge in [0.05, 0.1) is 0 Å². The molecular weight excluding hydrogens is 336 g/mol. The van der Waals surface area contributed by atoms with Gasteiger partial charge in [0.2, 0.25) is 0 Å². The van der Waals surface area contributed by atoms with Crippen LogP contribution in [0.4, 0.5) is 10.5 Å². The maximum atomic E-state index is 12.6. The highest BCUT2D eigenvalue weighted by molar-refractivity contribution is 5.89. The molecule has 0 aliphatic carbocycles. The molecule has 0 spiro atoms. The Kier molecular flexibility index (Phi) is 7.80. The summed E-state index contributed by atoms with van der Waals surface area (Å²) in [5.41, 5.74) is 4.22. The van der Waals surface area contributed by atoms with Crippen LogP contribution in [0.25, 0.3) is 0 Å². The molecular formula is C22H32N4O. The van der Waals surface area contributed by atoms with Crippen molar-refractivity contribution in [1.29, 1.82) is 0 Å². The molecule has 1 unspecified atom stereocenters. The fourth-order valence-corrected chi connectivity index (χ4v) is 3.01. The molecule has 5 nitrogen and oxygen atoms in total. The molecule has 5 heteroatoms. The number of nitrogens with one attached hydrogen (secondary N) is 1. The topological polar surface area (TPSA) is 48.5 Å². The molecule has 1 N–H and O–H groups in total. The van der Waals surface area contributed by atoms with E-state index in [1.807, 2.05) is 38.4 Å². The van der Waals surface area contributed by atoms with E-state index >= 15 is 0 Å². The first kappa shape index (κ1) is 20.9. The number of urea groups is 1. The van der Waals surface area contributed by atoms with Gasteiger partial charge in [-0.1, -0.05) is 26.0 Å². The van der Waals surface area contributed by atoms with Crippen LogP contribution in [0.3, 0.4) is 0 Å². The minimum atomic E-state index is -0.102. The summed E-state index contributed by atoms with van der Waals surface area (Å²) in [6.45, 7) is 11.3. The minimum Gasteiger partial charge on any atom is -0.324 e. The molecule has 0 aliphatic heterocycles. The van der Waals surface area contributed by atoms with Gasteiger partial charge in [-0.05, 0) is 62.3 Å². The lowest BCUT2D eigenvalue weighted by molar-refractivity contribution is 0.207. The first-order valence-electron chi connectivity index (χ1n) is 9.69. The summed E-state index contributed by atoms with van der Waals surface area (Å²) >= 11 is 0. The second-order valence-electron chi connectivity index (χ2n) is 7.08. The van der Waals surface area contributed by atoms with Gasteiger partial charge in [0.15, 0.2) is 0 Å². The number of carbonyl (C=O) groups is 1. The van der Waals surface area contributed by atoms with Gasteiger partial charge in [-0.3, -0.25) is 9.88 Å². The second-order valence-corrected chi connectivity index (χ2v) is 7.08. The van der Waals surface area contributed by atoms with E-state index in [9.17, 15) is 4.79 Å². The number of nitrogens with zero attached hydrogens (tertiary/aromatic N) is 3. The first-order chi connectivity index (χ1) is 12.9. The van der Waals surface area contributed by atoms with E-state index in [4.69, 9.17) is 0 Å². The highest BCUT2D eigenvalue weighted by atomic mass is 16.2. The second kappa shape index (κ2) is 10.1. The number of hydrogen-bond donors (Lipinski definition) is 1. The van der Waals surface area contributed by atoms with Crippen molar-refractivity contribution in [2.45, 2.75) is 46.7 Å². The molecule has 0 aliphatic rings. The summed E-state index contributed by atoms with van der Waals surface area (Å²) < 4.78 is 0. The van der Waals surface area contributed by atoms with Crippen molar-refractivity contribution in [3.05, 3.63) is 59.4 Å². The van der Waals surface area contributed by atoms with Gasteiger partial charge in [-0.15, -0.1) is 0 Å². The van der Waals surface area contributed by atoms with Crippen LogP contribution < -0.4 is 5.32 Å². The van der Waals surface area contributed by atoms with Gasteiger partial charge in [0.25, 0.3) is 0 Å².